The van der Waals surface area contributed by atoms with E-state index in [9.17, 15) is 0 Å². The SMILES string of the molecule is NNc1nc(Oc2cccnc2)nc(-n2cccn2)n1. The molecule has 0 saturated carbocycles. The van der Waals surface area contributed by atoms with E-state index in [4.69, 9.17) is 10.6 Å². The Morgan fingerprint density at radius 2 is 2.10 bits per heavy atom. The molecule has 0 atom stereocenters. The highest BCUT2D eigenvalue weighted by Gasteiger charge is 2.09. The molecule has 9 heteroatoms. The topological polar surface area (TPSA) is 117 Å². The molecule has 0 aromatic carbocycles. The Bertz CT molecular complexity index is 685. The molecule has 0 aliphatic carbocycles. The third-order valence-corrected chi connectivity index (χ3v) is 2.29. The standard InChI is InChI=1S/C11H10N8O/c12-18-9-15-10(19-6-2-5-14-19)17-11(16-9)20-8-3-1-4-13-7-8/h1-7H,12H2,(H,15,16,17,18). The van der Waals surface area contributed by atoms with E-state index in [0.29, 0.717) is 5.75 Å². The molecule has 3 N–H and O–H groups in total. The van der Waals surface area contributed by atoms with E-state index >= 15 is 0 Å². The van der Waals surface area contributed by atoms with Crippen molar-refractivity contribution in [2.75, 3.05) is 5.43 Å². The van der Waals surface area contributed by atoms with Crippen molar-refractivity contribution in [3.8, 4) is 17.7 Å². The van der Waals surface area contributed by atoms with Crippen LogP contribution >= 0.6 is 0 Å². The number of nitrogens with zero attached hydrogens (tertiary/aromatic N) is 6. The quantitative estimate of drug-likeness (QED) is 0.521. The average molecular weight is 270 g/mol. The van der Waals surface area contributed by atoms with Gasteiger partial charge < -0.3 is 4.74 Å². The van der Waals surface area contributed by atoms with E-state index in [1.54, 1.807) is 43.0 Å². The van der Waals surface area contributed by atoms with E-state index in [-0.39, 0.29) is 17.9 Å². The number of hydrogen-bond acceptors (Lipinski definition) is 8. The summed E-state index contributed by atoms with van der Waals surface area (Å²) in [4.78, 5) is 16.2. The van der Waals surface area contributed by atoms with Gasteiger partial charge in [-0.3, -0.25) is 10.4 Å². The lowest BCUT2D eigenvalue weighted by Crippen LogP contribution is -2.14. The third-order valence-electron chi connectivity index (χ3n) is 2.29. The fourth-order valence-electron chi connectivity index (χ4n) is 1.46. The van der Waals surface area contributed by atoms with E-state index in [0.717, 1.165) is 0 Å². The first-order valence-corrected chi connectivity index (χ1v) is 5.66. The third kappa shape index (κ3) is 2.52. The maximum absolute atomic E-state index is 5.50. The molecule has 0 radical (unpaired) electrons. The van der Waals surface area contributed by atoms with Crippen LogP contribution in [0.5, 0.6) is 11.8 Å². The highest BCUT2D eigenvalue weighted by atomic mass is 16.5. The Morgan fingerprint density at radius 3 is 2.80 bits per heavy atom. The molecule has 0 fully saturated rings. The highest BCUT2D eigenvalue weighted by Crippen LogP contribution is 2.17. The van der Waals surface area contributed by atoms with Crippen LogP contribution in [0.3, 0.4) is 0 Å². The second-order valence-corrected chi connectivity index (χ2v) is 3.63. The molecule has 9 nitrogen and oxygen atoms in total. The Balaban J connectivity index is 1.96. The van der Waals surface area contributed by atoms with E-state index in [2.05, 4.69) is 30.5 Å². The molecule has 0 amide bonds. The fraction of sp³-hybridized carbons (Fsp3) is 0. The molecule has 3 rings (SSSR count). The van der Waals surface area contributed by atoms with E-state index in [1.807, 2.05) is 0 Å². The van der Waals surface area contributed by atoms with Crippen molar-refractivity contribution in [1.82, 2.24) is 29.7 Å². The first-order valence-electron chi connectivity index (χ1n) is 5.66. The zero-order chi connectivity index (χ0) is 13.8. The molecule has 3 aromatic heterocycles. The summed E-state index contributed by atoms with van der Waals surface area (Å²) in [7, 11) is 0. The Kier molecular flexibility index (Phi) is 3.17. The lowest BCUT2D eigenvalue weighted by molar-refractivity contribution is 0.436. The number of anilines is 1. The Hall–Kier alpha value is -3.07. The zero-order valence-corrected chi connectivity index (χ0v) is 10.2. The summed E-state index contributed by atoms with van der Waals surface area (Å²) < 4.78 is 6.97. The van der Waals surface area contributed by atoms with Gasteiger partial charge in [0.1, 0.15) is 5.75 Å². The largest absolute Gasteiger partial charge is 0.422 e. The summed E-state index contributed by atoms with van der Waals surface area (Å²) in [6.45, 7) is 0. The summed E-state index contributed by atoms with van der Waals surface area (Å²) in [5.74, 6) is 6.30. The number of aromatic nitrogens is 6. The van der Waals surface area contributed by atoms with Crippen LogP contribution in [0.1, 0.15) is 0 Å². The number of ether oxygens (including phenoxy) is 1. The monoisotopic (exact) mass is 270 g/mol. The number of pyridine rings is 1. The van der Waals surface area contributed by atoms with Crippen LogP contribution < -0.4 is 16.0 Å². The van der Waals surface area contributed by atoms with Crippen LogP contribution in [0, 0.1) is 0 Å². The maximum atomic E-state index is 5.50. The molecular formula is C11H10N8O. The predicted octanol–water partition coefficient (Wildman–Crippen LogP) is 0.530. The van der Waals surface area contributed by atoms with Gasteiger partial charge in [0.2, 0.25) is 5.95 Å². The van der Waals surface area contributed by atoms with Crippen molar-refractivity contribution in [3.05, 3.63) is 43.0 Å². The summed E-state index contributed by atoms with van der Waals surface area (Å²) >= 11 is 0. The molecule has 20 heavy (non-hydrogen) atoms. The summed E-state index contributed by atoms with van der Waals surface area (Å²) in [5, 5.41) is 4.04. The van der Waals surface area contributed by atoms with Gasteiger partial charge in [-0.1, -0.05) is 0 Å². The van der Waals surface area contributed by atoms with Crippen LogP contribution in [-0.2, 0) is 0 Å². The smallest absolute Gasteiger partial charge is 0.328 e. The van der Waals surface area contributed by atoms with Crippen LogP contribution in [0.2, 0.25) is 0 Å². The second-order valence-electron chi connectivity index (χ2n) is 3.63. The Labute approximate surface area is 113 Å². The van der Waals surface area contributed by atoms with Crippen molar-refractivity contribution in [2.45, 2.75) is 0 Å². The highest BCUT2D eigenvalue weighted by molar-refractivity contribution is 5.30. The lowest BCUT2D eigenvalue weighted by Gasteiger charge is -2.07. The minimum atomic E-state index is 0.0893. The molecule has 100 valence electrons. The van der Waals surface area contributed by atoms with Crippen LogP contribution in [0.25, 0.3) is 5.95 Å². The first-order chi connectivity index (χ1) is 9.85. The van der Waals surface area contributed by atoms with E-state index in [1.165, 1.54) is 4.68 Å². The molecule has 0 aliphatic heterocycles. The van der Waals surface area contributed by atoms with Crippen LogP contribution in [-0.4, -0.2) is 29.7 Å². The average Bonchev–Trinajstić information content (AvgIpc) is 3.02. The minimum Gasteiger partial charge on any atom is -0.422 e. The number of hydrazine groups is 1. The van der Waals surface area contributed by atoms with Gasteiger partial charge in [0.15, 0.2) is 0 Å². The second kappa shape index (κ2) is 5.28. The van der Waals surface area contributed by atoms with Gasteiger partial charge in [-0.2, -0.15) is 20.1 Å². The van der Waals surface area contributed by atoms with Crippen molar-refractivity contribution in [2.24, 2.45) is 5.84 Å². The van der Waals surface area contributed by atoms with Crippen molar-refractivity contribution < 1.29 is 4.74 Å². The lowest BCUT2D eigenvalue weighted by atomic mass is 10.5. The van der Waals surface area contributed by atoms with Gasteiger partial charge in [0.25, 0.3) is 5.95 Å². The first kappa shape index (κ1) is 12.0. The molecule has 0 spiro atoms. The van der Waals surface area contributed by atoms with Crippen LogP contribution in [0.4, 0.5) is 5.95 Å². The number of nitrogens with two attached hydrogens (primary N) is 1. The van der Waals surface area contributed by atoms with Gasteiger partial charge in [0, 0.05) is 18.6 Å². The number of nitrogen functional groups attached to an aromatic ring is 1. The zero-order valence-electron chi connectivity index (χ0n) is 10.2. The molecule has 3 heterocycles. The molecule has 0 unspecified atom stereocenters. The van der Waals surface area contributed by atoms with Gasteiger partial charge in [-0.25, -0.2) is 10.5 Å². The van der Waals surface area contributed by atoms with Gasteiger partial charge in [-0.05, 0) is 18.2 Å². The van der Waals surface area contributed by atoms with Gasteiger partial charge in [-0.15, -0.1) is 0 Å². The molecule has 0 saturated heterocycles. The molecule has 0 bridgehead atoms. The van der Waals surface area contributed by atoms with Gasteiger partial charge >= 0.3 is 6.01 Å². The normalized spacial score (nSPS) is 10.2. The summed E-state index contributed by atoms with van der Waals surface area (Å²) in [6.07, 6.45) is 6.50. The molecular weight excluding hydrogens is 260 g/mol. The molecule has 0 aliphatic rings. The van der Waals surface area contributed by atoms with Crippen molar-refractivity contribution >= 4 is 5.95 Å². The number of rotatable bonds is 4. The fourth-order valence-corrected chi connectivity index (χ4v) is 1.46. The summed E-state index contributed by atoms with van der Waals surface area (Å²) in [6, 6.07) is 5.32. The van der Waals surface area contributed by atoms with E-state index < -0.39 is 0 Å². The van der Waals surface area contributed by atoms with Crippen molar-refractivity contribution in [1.29, 1.82) is 0 Å². The number of hydrogen-bond donors (Lipinski definition) is 2. The molecule has 3 aromatic rings. The van der Waals surface area contributed by atoms with Gasteiger partial charge in [0.05, 0.1) is 6.20 Å². The predicted molar refractivity (Wildman–Crippen MR) is 69.1 cm³/mol. The maximum Gasteiger partial charge on any atom is 0.328 e. The summed E-state index contributed by atoms with van der Waals surface area (Å²) in [5.41, 5.74) is 2.36. The minimum absolute atomic E-state index is 0.0893. The number of nitrogens with one attached hydrogen (secondary N) is 1. The van der Waals surface area contributed by atoms with Crippen LogP contribution in [0.15, 0.2) is 43.0 Å². The Morgan fingerprint density at radius 1 is 1.15 bits per heavy atom. The van der Waals surface area contributed by atoms with Crippen molar-refractivity contribution in [3.63, 3.8) is 0 Å².